The van der Waals surface area contributed by atoms with Crippen LogP contribution in [0.2, 0.25) is 0 Å². The van der Waals surface area contributed by atoms with Gasteiger partial charge in [0.05, 0.1) is 24.1 Å². The SMILES string of the molecule is CCC(C)C(N)c1ncc(-c2cnn(CC)c2)[nH]1. The Kier molecular flexibility index (Phi) is 3.81. The first-order valence-corrected chi connectivity index (χ1v) is 6.49. The molecule has 5 nitrogen and oxygen atoms in total. The second-order valence-corrected chi connectivity index (χ2v) is 4.68. The van der Waals surface area contributed by atoms with Crippen LogP contribution in [-0.4, -0.2) is 19.7 Å². The molecule has 0 bridgehead atoms. The molecule has 0 aliphatic heterocycles. The lowest BCUT2D eigenvalue weighted by Gasteiger charge is -2.15. The third-order valence-corrected chi connectivity index (χ3v) is 3.44. The van der Waals surface area contributed by atoms with Crippen LogP contribution in [0.1, 0.15) is 39.1 Å². The van der Waals surface area contributed by atoms with Crippen LogP contribution in [0.15, 0.2) is 18.6 Å². The molecule has 5 heteroatoms. The largest absolute Gasteiger partial charge is 0.341 e. The van der Waals surface area contributed by atoms with Crippen molar-refractivity contribution < 1.29 is 0 Å². The highest BCUT2D eigenvalue weighted by molar-refractivity contribution is 5.56. The van der Waals surface area contributed by atoms with E-state index < -0.39 is 0 Å². The zero-order valence-electron chi connectivity index (χ0n) is 11.2. The monoisotopic (exact) mass is 247 g/mol. The molecular weight excluding hydrogens is 226 g/mol. The van der Waals surface area contributed by atoms with Crippen LogP contribution in [-0.2, 0) is 6.54 Å². The Bertz CT molecular complexity index is 499. The van der Waals surface area contributed by atoms with Gasteiger partial charge in [0.2, 0.25) is 0 Å². The number of imidazole rings is 1. The summed E-state index contributed by atoms with van der Waals surface area (Å²) in [5.41, 5.74) is 8.18. The predicted molar refractivity (Wildman–Crippen MR) is 71.9 cm³/mol. The summed E-state index contributed by atoms with van der Waals surface area (Å²) in [5.74, 6) is 1.27. The average Bonchev–Trinajstić information content (AvgIpc) is 3.04. The Morgan fingerprint density at radius 2 is 2.17 bits per heavy atom. The molecule has 0 aliphatic rings. The van der Waals surface area contributed by atoms with E-state index in [0.29, 0.717) is 5.92 Å². The van der Waals surface area contributed by atoms with Crippen molar-refractivity contribution in [3.05, 3.63) is 24.4 Å². The van der Waals surface area contributed by atoms with Crippen LogP contribution in [0.5, 0.6) is 0 Å². The molecular formula is C13H21N5. The smallest absolute Gasteiger partial charge is 0.123 e. The fourth-order valence-corrected chi connectivity index (χ4v) is 1.85. The van der Waals surface area contributed by atoms with Gasteiger partial charge in [0, 0.05) is 18.3 Å². The predicted octanol–water partition coefficient (Wildman–Crippen LogP) is 2.34. The number of aromatic amines is 1. The van der Waals surface area contributed by atoms with Crippen molar-refractivity contribution in [1.29, 1.82) is 0 Å². The average molecular weight is 247 g/mol. The minimum Gasteiger partial charge on any atom is -0.341 e. The minimum atomic E-state index is -0.0371. The van der Waals surface area contributed by atoms with Gasteiger partial charge in [-0.05, 0) is 12.8 Å². The van der Waals surface area contributed by atoms with Gasteiger partial charge in [-0.2, -0.15) is 5.10 Å². The highest BCUT2D eigenvalue weighted by atomic mass is 15.3. The number of aryl methyl sites for hydroxylation is 1. The number of rotatable bonds is 5. The molecule has 3 N–H and O–H groups in total. The van der Waals surface area contributed by atoms with Crippen molar-refractivity contribution >= 4 is 0 Å². The summed E-state index contributed by atoms with van der Waals surface area (Å²) >= 11 is 0. The molecule has 0 spiro atoms. The first kappa shape index (κ1) is 12.8. The third-order valence-electron chi connectivity index (χ3n) is 3.44. The van der Waals surface area contributed by atoms with Gasteiger partial charge in [-0.25, -0.2) is 4.98 Å². The summed E-state index contributed by atoms with van der Waals surface area (Å²) in [6.07, 6.45) is 6.72. The summed E-state index contributed by atoms with van der Waals surface area (Å²) in [7, 11) is 0. The number of nitrogens with one attached hydrogen (secondary N) is 1. The minimum absolute atomic E-state index is 0.0371. The van der Waals surface area contributed by atoms with Crippen molar-refractivity contribution in [3.8, 4) is 11.3 Å². The number of hydrogen-bond donors (Lipinski definition) is 2. The van der Waals surface area contributed by atoms with E-state index in [2.05, 4.69) is 35.8 Å². The van der Waals surface area contributed by atoms with Crippen LogP contribution in [0.3, 0.4) is 0 Å². The van der Waals surface area contributed by atoms with Crippen molar-refractivity contribution in [2.75, 3.05) is 0 Å². The normalized spacial score (nSPS) is 14.7. The van der Waals surface area contributed by atoms with Crippen LogP contribution >= 0.6 is 0 Å². The van der Waals surface area contributed by atoms with Crippen molar-refractivity contribution in [2.24, 2.45) is 11.7 Å². The number of hydrogen-bond acceptors (Lipinski definition) is 3. The van der Waals surface area contributed by atoms with Gasteiger partial charge in [0.25, 0.3) is 0 Å². The summed E-state index contributed by atoms with van der Waals surface area (Å²) in [4.78, 5) is 7.67. The Labute approximate surface area is 107 Å². The van der Waals surface area contributed by atoms with Crippen molar-refractivity contribution in [1.82, 2.24) is 19.7 Å². The van der Waals surface area contributed by atoms with E-state index in [9.17, 15) is 0 Å². The van der Waals surface area contributed by atoms with Gasteiger partial charge in [0.15, 0.2) is 0 Å². The van der Waals surface area contributed by atoms with E-state index in [1.54, 1.807) is 0 Å². The lowest BCUT2D eigenvalue weighted by Crippen LogP contribution is -2.19. The number of H-pyrrole nitrogens is 1. The summed E-state index contributed by atoms with van der Waals surface area (Å²) in [6.45, 7) is 7.21. The van der Waals surface area contributed by atoms with Crippen LogP contribution in [0.25, 0.3) is 11.3 Å². The molecule has 0 saturated carbocycles. The maximum Gasteiger partial charge on any atom is 0.123 e. The molecule has 0 fully saturated rings. The van der Waals surface area contributed by atoms with Crippen molar-refractivity contribution in [2.45, 2.75) is 39.8 Å². The first-order valence-electron chi connectivity index (χ1n) is 6.49. The van der Waals surface area contributed by atoms with E-state index in [1.807, 2.05) is 23.3 Å². The molecule has 2 heterocycles. The van der Waals surface area contributed by atoms with Gasteiger partial charge < -0.3 is 10.7 Å². The van der Waals surface area contributed by atoms with Gasteiger partial charge in [-0.3, -0.25) is 4.68 Å². The van der Waals surface area contributed by atoms with E-state index in [-0.39, 0.29) is 6.04 Å². The standard InChI is InChI=1S/C13H21N5/c1-4-9(3)12(14)13-15-7-11(17-13)10-6-16-18(5-2)8-10/h6-9,12H,4-5,14H2,1-3H3,(H,15,17). The first-order chi connectivity index (χ1) is 8.65. The van der Waals surface area contributed by atoms with E-state index >= 15 is 0 Å². The summed E-state index contributed by atoms with van der Waals surface area (Å²) in [6, 6.07) is -0.0371. The quantitative estimate of drug-likeness (QED) is 0.851. The molecule has 0 amide bonds. The van der Waals surface area contributed by atoms with Gasteiger partial charge in [0.1, 0.15) is 5.82 Å². The summed E-state index contributed by atoms with van der Waals surface area (Å²) < 4.78 is 1.89. The topological polar surface area (TPSA) is 72.5 Å². The molecule has 0 aromatic carbocycles. The molecule has 0 radical (unpaired) electrons. The van der Waals surface area contributed by atoms with Gasteiger partial charge >= 0.3 is 0 Å². The Morgan fingerprint density at radius 3 is 2.78 bits per heavy atom. The number of nitrogens with two attached hydrogens (primary N) is 1. The molecule has 2 rings (SSSR count). The highest BCUT2D eigenvalue weighted by Crippen LogP contribution is 2.22. The maximum atomic E-state index is 6.16. The molecule has 98 valence electrons. The second kappa shape index (κ2) is 5.35. The fourth-order valence-electron chi connectivity index (χ4n) is 1.85. The Hall–Kier alpha value is -1.62. The zero-order valence-corrected chi connectivity index (χ0v) is 11.2. The van der Waals surface area contributed by atoms with Gasteiger partial charge in [-0.1, -0.05) is 20.3 Å². The van der Waals surface area contributed by atoms with E-state index in [4.69, 9.17) is 5.73 Å². The highest BCUT2D eigenvalue weighted by Gasteiger charge is 2.17. The molecule has 2 atom stereocenters. The van der Waals surface area contributed by atoms with Crippen LogP contribution in [0.4, 0.5) is 0 Å². The molecule has 2 aromatic rings. The van der Waals surface area contributed by atoms with Gasteiger partial charge in [-0.15, -0.1) is 0 Å². The Balaban J connectivity index is 2.19. The lowest BCUT2D eigenvalue weighted by atomic mass is 10.00. The Morgan fingerprint density at radius 1 is 1.39 bits per heavy atom. The molecule has 0 saturated heterocycles. The second-order valence-electron chi connectivity index (χ2n) is 4.68. The fraction of sp³-hybridized carbons (Fsp3) is 0.538. The molecule has 0 aliphatic carbocycles. The molecule has 18 heavy (non-hydrogen) atoms. The lowest BCUT2D eigenvalue weighted by molar-refractivity contribution is 0.441. The third kappa shape index (κ3) is 2.46. The number of aromatic nitrogens is 4. The maximum absolute atomic E-state index is 6.16. The van der Waals surface area contributed by atoms with Crippen molar-refractivity contribution in [3.63, 3.8) is 0 Å². The van der Waals surface area contributed by atoms with Crippen LogP contribution in [0, 0.1) is 5.92 Å². The zero-order chi connectivity index (χ0) is 13.1. The van der Waals surface area contributed by atoms with E-state index in [1.165, 1.54) is 0 Å². The van der Waals surface area contributed by atoms with Crippen LogP contribution < -0.4 is 5.73 Å². The molecule has 2 unspecified atom stereocenters. The number of nitrogens with zero attached hydrogens (tertiary/aromatic N) is 3. The van der Waals surface area contributed by atoms with E-state index in [0.717, 1.165) is 30.0 Å². The summed E-state index contributed by atoms with van der Waals surface area (Å²) in [5, 5.41) is 4.25. The molecule has 2 aromatic heterocycles.